The Morgan fingerprint density at radius 2 is 1.83 bits per heavy atom. The number of rotatable bonds is 4. The maximum absolute atomic E-state index is 13.8. The van der Waals surface area contributed by atoms with E-state index in [2.05, 4.69) is 15.2 Å². The lowest BCUT2D eigenvalue weighted by atomic mass is 9.86. The highest BCUT2D eigenvalue weighted by molar-refractivity contribution is 6.30. The monoisotopic (exact) mass is 423 g/mol. The first-order chi connectivity index (χ1) is 14.5. The molecule has 5 rings (SSSR count). The summed E-state index contributed by atoms with van der Waals surface area (Å²) in [6.45, 7) is 1.78. The zero-order valence-electron chi connectivity index (χ0n) is 16.6. The quantitative estimate of drug-likeness (QED) is 0.626. The van der Waals surface area contributed by atoms with E-state index in [0.29, 0.717) is 16.5 Å². The molecule has 6 heteroatoms. The molecule has 1 aliphatic carbocycles. The van der Waals surface area contributed by atoms with Gasteiger partial charge < -0.3 is 10.2 Å². The third-order valence-corrected chi connectivity index (χ3v) is 6.81. The lowest BCUT2D eigenvalue weighted by Crippen LogP contribution is -2.47. The number of amides is 1. The maximum Gasteiger partial charge on any atom is 0.251 e. The Morgan fingerprint density at radius 3 is 2.53 bits per heavy atom. The van der Waals surface area contributed by atoms with Crippen LogP contribution in [0.4, 0.5) is 10.1 Å². The van der Waals surface area contributed by atoms with Gasteiger partial charge in [0.25, 0.3) is 5.91 Å². The van der Waals surface area contributed by atoms with Gasteiger partial charge in [-0.15, -0.1) is 0 Å². The molecule has 0 spiro atoms. The van der Waals surface area contributed by atoms with Gasteiger partial charge in [0, 0.05) is 46.5 Å². The van der Waals surface area contributed by atoms with E-state index in [4.69, 9.17) is 11.6 Å². The van der Waals surface area contributed by atoms with E-state index in [9.17, 15) is 9.18 Å². The second-order valence-electron chi connectivity index (χ2n) is 8.37. The summed E-state index contributed by atoms with van der Waals surface area (Å²) in [5.74, 6) is 0.186. The molecule has 2 heterocycles. The van der Waals surface area contributed by atoms with Crippen LogP contribution in [0.25, 0.3) is 10.9 Å². The Bertz CT molecular complexity index is 1090. The van der Waals surface area contributed by atoms with E-state index in [1.54, 1.807) is 42.6 Å². The smallest absolute Gasteiger partial charge is 0.251 e. The van der Waals surface area contributed by atoms with Crippen molar-refractivity contribution in [1.29, 1.82) is 0 Å². The van der Waals surface area contributed by atoms with Gasteiger partial charge in [-0.3, -0.25) is 9.78 Å². The summed E-state index contributed by atoms with van der Waals surface area (Å²) < 4.78 is 13.8. The average Bonchev–Trinajstić information content (AvgIpc) is 3.54. The Hall–Kier alpha value is -2.66. The van der Waals surface area contributed by atoms with Gasteiger partial charge >= 0.3 is 0 Å². The van der Waals surface area contributed by atoms with Crippen molar-refractivity contribution >= 4 is 34.1 Å². The molecule has 2 aliphatic rings. The first-order valence-corrected chi connectivity index (χ1v) is 10.8. The van der Waals surface area contributed by atoms with E-state index in [1.807, 2.05) is 6.07 Å². The van der Waals surface area contributed by atoms with E-state index >= 15 is 0 Å². The molecule has 0 atom stereocenters. The van der Waals surface area contributed by atoms with Crippen molar-refractivity contribution in [2.45, 2.75) is 31.2 Å². The van der Waals surface area contributed by atoms with Crippen LogP contribution in [0.3, 0.4) is 0 Å². The maximum atomic E-state index is 13.8. The molecule has 0 unspecified atom stereocenters. The summed E-state index contributed by atoms with van der Waals surface area (Å²) in [7, 11) is 0. The van der Waals surface area contributed by atoms with E-state index in [0.717, 1.165) is 55.4 Å². The minimum atomic E-state index is -0.242. The summed E-state index contributed by atoms with van der Waals surface area (Å²) in [6.07, 6.45) is 5.84. The van der Waals surface area contributed by atoms with Crippen molar-refractivity contribution in [2.75, 3.05) is 18.0 Å². The number of anilines is 1. The zero-order chi connectivity index (χ0) is 20.7. The molecular formula is C24H23ClFN3O. The van der Waals surface area contributed by atoms with E-state index < -0.39 is 0 Å². The van der Waals surface area contributed by atoms with Gasteiger partial charge in [0.2, 0.25) is 0 Å². The van der Waals surface area contributed by atoms with Crippen molar-refractivity contribution in [3.63, 3.8) is 0 Å². The standard InChI is InChI=1S/C24H23ClFN3O/c25-18-3-1-16(2-4-18)23(30)28-24(10-11-24)17-8-13-29(14-9-17)22-7-12-27-21-6-5-19(26)15-20(21)22/h1-7,12,15,17H,8-11,13-14H2,(H,28,30). The zero-order valence-corrected chi connectivity index (χ0v) is 17.3. The van der Waals surface area contributed by atoms with Crippen LogP contribution in [0.5, 0.6) is 0 Å². The highest BCUT2D eigenvalue weighted by Crippen LogP contribution is 2.47. The molecule has 4 nitrogen and oxygen atoms in total. The van der Waals surface area contributed by atoms with Gasteiger partial charge in [-0.25, -0.2) is 4.39 Å². The molecule has 2 aromatic carbocycles. The summed E-state index contributed by atoms with van der Waals surface area (Å²) in [4.78, 5) is 19.4. The predicted octanol–water partition coefficient (Wildman–Crippen LogP) is 5.21. The van der Waals surface area contributed by atoms with Crippen LogP contribution in [0.2, 0.25) is 5.02 Å². The predicted molar refractivity (Wildman–Crippen MR) is 118 cm³/mol. The fourth-order valence-corrected chi connectivity index (χ4v) is 4.85. The van der Waals surface area contributed by atoms with Crippen LogP contribution >= 0.6 is 11.6 Å². The number of hydrogen-bond donors (Lipinski definition) is 1. The number of halogens is 2. The van der Waals surface area contributed by atoms with Crippen molar-refractivity contribution in [3.8, 4) is 0 Å². The van der Waals surface area contributed by atoms with Crippen molar-refractivity contribution in [2.24, 2.45) is 5.92 Å². The topological polar surface area (TPSA) is 45.2 Å². The number of fused-ring (bicyclic) bond motifs is 1. The Balaban J connectivity index is 1.28. The fraction of sp³-hybridized carbons (Fsp3) is 0.333. The van der Waals surface area contributed by atoms with E-state index in [-0.39, 0.29) is 17.3 Å². The first kappa shape index (κ1) is 19.3. The third kappa shape index (κ3) is 3.63. The molecular weight excluding hydrogens is 401 g/mol. The second kappa shape index (κ2) is 7.55. The second-order valence-corrected chi connectivity index (χ2v) is 8.81. The number of nitrogens with zero attached hydrogens (tertiary/aromatic N) is 2. The molecule has 1 amide bonds. The van der Waals surface area contributed by atoms with Crippen LogP contribution in [0.15, 0.2) is 54.7 Å². The highest BCUT2D eigenvalue weighted by Gasteiger charge is 2.50. The molecule has 1 aromatic heterocycles. The normalized spacial score (nSPS) is 18.4. The number of benzene rings is 2. The third-order valence-electron chi connectivity index (χ3n) is 6.56. The SMILES string of the molecule is O=C(NC1(C2CCN(c3ccnc4ccc(F)cc34)CC2)CC1)c1ccc(Cl)cc1. The minimum Gasteiger partial charge on any atom is -0.371 e. The molecule has 1 aliphatic heterocycles. The fourth-order valence-electron chi connectivity index (χ4n) is 4.72. The number of carbonyl (C=O) groups excluding carboxylic acids is 1. The minimum absolute atomic E-state index is 0.0257. The molecule has 30 heavy (non-hydrogen) atoms. The van der Waals surface area contributed by atoms with Crippen LogP contribution in [0.1, 0.15) is 36.0 Å². The molecule has 154 valence electrons. The number of piperidine rings is 1. The van der Waals surface area contributed by atoms with Crippen LogP contribution in [-0.2, 0) is 0 Å². The van der Waals surface area contributed by atoms with Gasteiger partial charge in [0.05, 0.1) is 5.52 Å². The summed E-state index contributed by atoms with van der Waals surface area (Å²) in [6, 6.07) is 13.7. The number of hydrogen-bond acceptors (Lipinski definition) is 3. The lowest BCUT2D eigenvalue weighted by molar-refractivity contribution is 0.0906. The van der Waals surface area contributed by atoms with Gasteiger partial charge in [-0.2, -0.15) is 0 Å². The van der Waals surface area contributed by atoms with Gasteiger partial charge in [-0.1, -0.05) is 11.6 Å². The van der Waals surface area contributed by atoms with Crippen LogP contribution in [-0.4, -0.2) is 29.5 Å². The number of nitrogens with one attached hydrogen (secondary N) is 1. The number of carbonyl (C=O) groups is 1. The average molecular weight is 424 g/mol. The van der Waals surface area contributed by atoms with E-state index in [1.165, 1.54) is 6.07 Å². The molecule has 2 fully saturated rings. The Morgan fingerprint density at radius 1 is 1.10 bits per heavy atom. The lowest BCUT2D eigenvalue weighted by Gasteiger charge is -2.38. The largest absolute Gasteiger partial charge is 0.371 e. The van der Waals surface area contributed by atoms with Crippen LogP contribution < -0.4 is 10.2 Å². The first-order valence-electron chi connectivity index (χ1n) is 10.4. The summed E-state index contributed by atoms with van der Waals surface area (Å²) in [5, 5.41) is 4.79. The molecule has 0 radical (unpaired) electrons. The van der Waals surface area contributed by atoms with Crippen molar-refractivity contribution < 1.29 is 9.18 Å². The van der Waals surface area contributed by atoms with Gasteiger partial charge in [0.15, 0.2) is 0 Å². The van der Waals surface area contributed by atoms with Crippen molar-refractivity contribution in [1.82, 2.24) is 10.3 Å². The van der Waals surface area contributed by atoms with Gasteiger partial charge in [-0.05, 0) is 80.1 Å². The molecule has 0 bridgehead atoms. The van der Waals surface area contributed by atoms with Gasteiger partial charge in [0.1, 0.15) is 5.82 Å². The van der Waals surface area contributed by atoms with Crippen LogP contribution in [0, 0.1) is 11.7 Å². The number of pyridine rings is 1. The molecule has 3 aromatic rings. The highest BCUT2D eigenvalue weighted by atomic mass is 35.5. The molecule has 1 saturated carbocycles. The Labute approximate surface area is 180 Å². The molecule has 1 N–H and O–H groups in total. The Kier molecular flexibility index (Phi) is 4.86. The summed E-state index contributed by atoms with van der Waals surface area (Å²) in [5.41, 5.74) is 2.40. The van der Waals surface area contributed by atoms with Crippen molar-refractivity contribution in [3.05, 3.63) is 71.1 Å². The molecule has 1 saturated heterocycles. The summed E-state index contributed by atoms with van der Waals surface area (Å²) >= 11 is 5.93. The number of aromatic nitrogens is 1.